The second-order valence-electron chi connectivity index (χ2n) is 6.00. The van der Waals surface area contributed by atoms with Crippen LogP contribution in [0.4, 0.5) is 5.69 Å². The van der Waals surface area contributed by atoms with Gasteiger partial charge in [-0.05, 0) is 51.8 Å². The number of aliphatic hydroxyl groups is 1. The maximum atomic E-state index is 12.4. The third-order valence-corrected chi connectivity index (χ3v) is 4.20. The molecule has 0 radical (unpaired) electrons. The molecule has 1 aliphatic rings. The summed E-state index contributed by atoms with van der Waals surface area (Å²) < 4.78 is 0. The highest BCUT2D eigenvalue weighted by Gasteiger charge is 2.30. The predicted octanol–water partition coefficient (Wildman–Crippen LogP) is 2.64. The molecule has 2 rings (SSSR count). The fourth-order valence-electron chi connectivity index (χ4n) is 3.10. The van der Waals surface area contributed by atoms with Gasteiger partial charge in [0, 0.05) is 11.7 Å². The Kier molecular flexibility index (Phi) is 5.76. The van der Waals surface area contributed by atoms with Crippen LogP contribution in [0.1, 0.15) is 39.5 Å². The van der Waals surface area contributed by atoms with E-state index in [2.05, 4.69) is 10.2 Å². The second-order valence-corrected chi connectivity index (χ2v) is 6.00. The fraction of sp³-hybridized carbons (Fsp3) is 0.588. The maximum Gasteiger partial charge on any atom is 0.241 e. The van der Waals surface area contributed by atoms with E-state index in [1.54, 1.807) is 0 Å². The Morgan fingerprint density at radius 3 is 2.71 bits per heavy atom. The molecular weight excluding hydrogens is 264 g/mol. The van der Waals surface area contributed by atoms with Crippen LogP contribution >= 0.6 is 0 Å². The number of anilines is 1. The number of likely N-dealkylation sites (tertiary alicyclic amines) is 1. The number of rotatable bonds is 5. The molecule has 4 heteroatoms. The van der Waals surface area contributed by atoms with Crippen molar-refractivity contribution in [2.75, 3.05) is 11.9 Å². The van der Waals surface area contributed by atoms with Crippen LogP contribution < -0.4 is 5.32 Å². The summed E-state index contributed by atoms with van der Waals surface area (Å²) in [6.45, 7) is 4.71. The highest BCUT2D eigenvalue weighted by Crippen LogP contribution is 2.23. The Bertz CT molecular complexity index is 447. The highest BCUT2D eigenvalue weighted by atomic mass is 16.3. The zero-order chi connectivity index (χ0) is 15.2. The molecule has 1 amide bonds. The van der Waals surface area contributed by atoms with Crippen molar-refractivity contribution < 1.29 is 9.90 Å². The lowest BCUT2D eigenvalue weighted by Crippen LogP contribution is -2.50. The van der Waals surface area contributed by atoms with Gasteiger partial charge in [-0.1, -0.05) is 24.6 Å². The van der Waals surface area contributed by atoms with Crippen molar-refractivity contribution in [1.82, 2.24) is 4.90 Å². The number of hydrogen-bond donors (Lipinski definition) is 2. The molecule has 3 unspecified atom stereocenters. The van der Waals surface area contributed by atoms with E-state index in [-0.39, 0.29) is 18.1 Å². The molecule has 21 heavy (non-hydrogen) atoms. The Morgan fingerprint density at radius 2 is 2.05 bits per heavy atom. The predicted molar refractivity (Wildman–Crippen MR) is 85.2 cm³/mol. The first-order valence-electron chi connectivity index (χ1n) is 7.87. The summed E-state index contributed by atoms with van der Waals surface area (Å²) in [6, 6.07) is 9.68. The van der Waals surface area contributed by atoms with Crippen LogP contribution in [0, 0.1) is 0 Å². The van der Waals surface area contributed by atoms with E-state index in [1.807, 2.05) is 44.2 Å². The van der Waals surface area contributed by atoms with Crippen LogP contribution in [0.2, 0.25) is 0 Å². The largest absolute Gasteiger partial charge is 0.393 e. The first-order chi connectivity index (χ1) is 10.1. The smallest absolute Gasteiger partial charge is 0.241 e. The second kappa shape index (κ2) is 7.57. The van der Waals surface area contributed by atoms with Gasteiger partial charge in [-0.25, -0.2) is 0 Å². The summed E-state index contributed by atoms with van der Waals surface area (Å²) in [6.07, 6.45) is 3.79. The Balaban J connectivity index is 1.99. The number of para-hydroxylation sites is 1. The average Bonchev–Trinajstić information content (AvgIpc) is 2.47. The van der Waals surface area contributed by atoms with Gasteiger partial charge in [-0.2, -0.15) is 0 Å². The molecule has 0 aliphatic carbocycles. The summed E-state index contributed by atoms with van der Waals surface area (Å²) >= 11 is 0. The zero-order valence-corrected chi connectivity index (χ0v) is 13.0. The molecule has 2 N–H and O–H groups in total. The molecule has 1 saturated heterocycles. The number of amides is 1. The van der Waals surface area contributed by atoms with Crippen LogP contribution in [0.15, 0.2) is 30.3 Å². The minimum atomic E-state index is -0.319. The third-order valence-electron chi connectivity index (χ3n) is 4.20. The fourth-order valence-corrected chi connectivity index (χ4v) is 3.10. The lowest BCUT2D eigenvalue weighted by molar-refractivity contribution is -0.122. The Morgan fingerprint density at radius 1 is 1.33 bits per heavy atom. The zero-order valence-electron chi connectivity index (χ0n) is 13.0. The van der Waals surface area contributed by atoms with Crippen molar-refractivity contribution in [3.63, 3.8) is 0 Å². The number of hydrogen-bond acceptors (Lipinski definition) is 3. The molecule has 0 saturated carbocycles. The van der Waals surface area contributed by atoms with Crippen LogP contribution in [-0.2, 0) is 4.79 Å². The van der Waals surface area contributed by atoms with Crippen molar-refractivity contribution in [3.05, 3.63) is 30.3 Å². The van der Waals surface area contributed by atoms with E-state index in [1.165, 1.54) is 6.42 Å². The molecule has 0 aromatic heterocycles. The lowest BCUT2D eigenvalue weighted by Gasteiger charge is -2.39. The quantitative estimate of drug-likeness (QED) is 0.876. The Labute approximate surface area is 127 Å². The lowest BCUT2D eigenvalue weighted by atomic mass is 9.95. The normalized spacial score (nSPS) is 22.5. The van der Waals surface area contributed by atoms with Gasteiger partial charge in [0.25, 0.3) is 0 Å². The maximum absolute atomic E-state index is 12.4. The number of nitrogens with zero attached hydrogens (tertiary/aromatic N) is 1. The first kappa shape index (κ1) is 16.0. The molecule has 1 aliphatic heterocycles. The van der Waals surface area contributed by atoms with E-state index in [9.17, 15) is 9.90 Å². The van der Waals surface area contributed by atoms with Crippen LogP contribution in [-0.4, -0.2) is 40.6 Å². The van der Waals surface area contributed by atoms with Crippen molar-refractivity contribution in [2.24, 2.45) is 0 Å². The molecular formula is C17H26N2O2. The van der Waals surface area contributed by atoms with Gasteiger partial charge in [0.1, 0.15) is 0 Å². The van der Waals surface area contributed by atoms with Gasteiger partial charge in [-0.3, -0.25) is 9.69 Å². The van der Waals surface area contributed by atoms with Gasteiger partial charge < -0.3 is 10.4 Å². The minimum absolute atomic E-state index is 0.0266. The number of nitrogens with one attached hydrogen (secondary N) is 1. The van der Waals surface area contributed by atoms with Gasteiger partial charge in [0.05, 0.1) is 12.1 Å². The summed E-state index contributed by atoms with van der Waals surface area (Å²) in [5.74, 6) is 0.0266. The van der Waals surface area contributed by atoms with Crippen LogP contribution in [0.3, 0.4) is 0 Å². The summed E-state index contributed by atoms with van der Waals surface area (Å²) in [7, 11) is 0. The highest BCUT2D eigenvalue weighted by molar-refractivity contribution is 5.94. The first-order valence-corrected chi connectivity index (χ1v) is 7.87. The average molecular weight is 290 g/mol. The van der Waals surface area contributed by atoms with Crippen LogP contribution in [0.5, 0.6) is 0 Å². The molecule has 1 aromatic rings. The number of aliphatic hydroxyl groups excluding tert-OH is 1. The van der Waals surface area contributed by atoms with Crippen LogP contribution in [0.25, 0.3) is 0 Å². The van der Waals surface area contributed by atoms with Crippen molar-refractivity contribution in [2.45, 2.75) is 57.7 Å². The number of carbonyl (C=O) groups is 1. The molecule has 3 atom stereocenters. The number of piperidine rings is 1. The van der Waals surface area contributed by atoms with Gasteiger partial charge >= 0.3 is 0 Å². The number of benzene rings is 1. The monoisotopic (exact) mass is 290 g/mol. The summed E-state index contributed by atoms with van der Waals surface area (Å²) in [5, 5.41) is 12.6. The van der Waals surface area contributed by atoms with Crippen molar-refractivity contribution >= 4 is 11.6 Å². The Hall–Kier alpha value is -1.39. The van der Waals surface area contributed by atoms with Crippen molar-refractivity contribution in [3.8, 4) is 0 Å². The van der Waals surface area contributed by atoms with E-state index >= 15 is 0 Å². The molecule has 1 aromatic carbocycles. The van der Waals surface area contributed by atoms with E-state index < -0.39 is 0 Å². The molecule has 0 spiro atoms. The molecule has 1 fully saturated rings. The SMILES string of the molecule is CC(O)CC1CCCCN1C(C)C(=O)Nc1ccccc1. The van der Waals surface area contributed by atoms with E-state index in [0.717, 1.165) is 31.5 Å². The molecule has 116 valence electrons. The van der Waals surface area contributed by atoms with Gasteiger partial charge in [0.2, 0.25) is 5.91 Å². The third kappa shape index (κ3) is 4.55. The standard InChI is InChI=1S/C17H26N2O2/c1-13(20)12-16-10-6-7-11-19(16)14(2)17(21)18-15-8-4-3-5-9-15/h3-5,8-9,13-14,16,20H,6-7,10-12H2,1-2H3,(H,18,21). The van der Waals surface area contributed by atoms with E-state index in [4.69, 9.17) is 0 Å². The molecule has 1 heterocycles. The topological polar surface area (TPSA) is 52.6 Å². The van der Waals surface area contributed by atoms with Gasteiger partial charge in [0.15, 0.2) is 0 Å². The molecule has 4 nitrogen and oxygen atoms in total. The van der Waals surface area contributed by atoms with Crippen molar-refractivity contribution in [1.29, 1.82) is 0 Å². The van der Waals surface area contributed by atoms with Gasteiger partial charge in [-0.15, -0.1) is 0 Å². The minimum Gasteiger partial charge on any atom is -0.393 e. The summed E-state index contributed by atoms with van der Waals surface area (Å²) in [5.41, 5.74) is 0.832. The number of carbonyl (C=O) groups excluding carboxylic acids is 1. The summed E-state index contributed by atoms with van der Waals surface area (Å²) in [4.78, 5) is 14.7. The van der Waals surface area contributed by atoms with E-state index in [0.29, 0.717) is 6.04 Å². The molecule has 0 bridgehead atoms.